The number of hydrogen-bond donors (Lipinski definition) is 6. The van der Waals surface area contributed by atoms with Gasteiger partial charge in [-0.1, -0.05) is 0 Å². The van der Waals surface area contributed by atoms with Crippen molar-refractivity contribution in [2.45, 2.75) is 24.1 Å². The number of nitrogens with one attached hydrogen (secondary N) is 1. The van der Waals surface area contributed by atoms with Gasteiger partial charge in [-0.25, -0.2) is 0 Å². The third-order valence-corrected chi connectivity index (χ3v) is 1.55. The maximum Gasteiger partial charge on any atom is 0.320 e. The molecule has 0 rings (SSSR count). The Labute approximate surface area is 81.7 Å². The summed E-state index contributed by atoms with van der Waals surface area (Å²) in [6.07, 6.45) is 0.833. The molecule has 0 radical (unpaired) electrons. The molecule has 2 atom stereocenters. The second-order valence-electron chi connectivity index (χ2n) is 2.74. The van der Waals surface area contributed by atoms with Crippen LogP contribution in [-0.4, -0.2) is 33.9 Å². The smallest absolute Gasteiger partial charge is 0.320 e. The van der Waals surface area contributed by atoms with Gasteiger partial charge < -0.3 is 15.9 Å². The lowest BCUT2D eigenvalue weighted by Crippen LogP contribution is -2.48. The third kappa shape index (κ3) is 8.00. The Balaban J connectivity index is 3.41. The van der Waals surface area contributed by atoms with Crippen LogP contribution in [0.2, 0.25) is 0 Å². The third-order valence-electron chi connectivity index (χ3n) is 1.39. The van der Waals surface area contributed by atoms with Gasteiger partial charge in [-0.2, -0.15) is 0 Å². The fourth-order valence-corrected chi connectivity index (χ4v) is 0.830. The van der Waals surface area contributed by atoms with Gasteiger partial charge in [-0.15, -0.1) is 12.6 Å². The normalized spacial score (nSPS) is 17.8. The SMILES string of the molecule is N[C@@H](CCCN[C@](N)(O)S)C(=O)O. The summed E-state index contributed by atoms with van der Waals surface area (Å²) in [6, 6.07) is -0.868. The number of nitrogens with two attached hydrogens (primary N) is 2. The van der Waals surface area contributed by atoms with Crippen LogP contribution in [0.3, 0.4) is 0 Å². The molecule has 0 aliphatic carbocycles. The molecule has 0 saturated heterocycles. The van der Waals surface area contributed by atoms with Crippen LogP contribution < -0.4 is 16.8 Å². The van der Waals surface area contributed by atoms with Crippen LogP contribution in [0.25, 0.3) is 0 Å². The molecule has 0 unspecified atom stereocenters. The van der Waals surface area contributed by atoms with E-state index in [0.717, 1.165) is 0 Å². The van der Waals surface area contributed by atoms with Gasteiger partial charge in [0.25, 0.3) is 0 Å². The van der Waals surface area contributed by atoms with Gasteiger partial charge in [0.1, 0.15) is 6.04 Å². The Morgan fingerprint density at radius 3 is 2.62 bits per heavy atom. The number of carboxylic acid groups (broad SMARTS) is 1. The van der Waals surface area contributed by atoms with Crippen LogP contribution in [-0.2, 0) is 4.79 Å². The van der Waals surface area contributed by atoms with Crippen molar-refractivity contribution in [3.8, 4) is 0 Å². The van der Waals surface area contributed by atoms with Crippen LogP contribution in [0.15, 0.2) is 0 Å². The topological polar surface area (TPSA) is 122 Å². The highest BCUT2D eigenvalue weighted by Crippen LogP contribution is 1.97. The molecule has 6 nitrogen and oxygen atoms in total. The van der Waals surface area contributed by atoms with E-state index in [2.05, 4.69) is 17.9 Å². The van der Waals surface area contributed by atoms with E-state index in [1.54, 1.807) is 0 Å². The molecule has 7 heteroatoms. The molecule has 0 aromatic carbocycles. The quantitative estimate of drug-likeness (QED) is 0.175. The first kappa shape index (κ1) is 12.7. The van der Waals surface area contributed by atoms with E-state index in [-0.39, 0.29) is 0 Å². The van der Waals surface area contributed by atoms with Gasteiger partial charge in [-0.05, 0) is 19.4 Å². The maximum atomic E-state index is 10.3. The van der Waals surface area contributed by atoms with Gasteiger partial charge in [0.15, 0.2) is 0 Å². The summed E-state index contributed by atoms with van der Waals surface area (Å²) in [4.78, 5) is 10.3. The van der Waals surface area contributed by atoms with Crippen LogP contribution in [0.1, 0.15) is 12.8 Å². The summed E-state index contributed by atoms with van der Waals surface area (Å²) in [5.74, 6) is -1.03. The highest BCUT2D eigenvalue weighted by atomic mass is 32.1. The van der Waals surface area contributed by atoms with Crippen molar-refractivity contribution in [2.24, 2.45) is 11.5 Å². The van der Waals surface area contributed by atoms with E-state index in [9.17, 15) is 4.79 Å². The van der Waals surface area contributed by atoms with E-state index >= 15 is 0 Å². The second kappa shape index (κ2) is 5.40. The Morgan fingerprint density at radius 2 is 2.23 bits per heavy atom. The molecular formula is C6H15N3O3S. The van der Waals surface area contributed by atoms with Crippen molar-refractivity contribution in [1.82, 2.24) is 5.32 Å². The molecule has 0 spiro atoms. The summed E-state index contributed by atoms with van der Waals surface area (Å²) >= 11 is 3.59. The largest absolute Gasteiger partial charge is 0.480 e. The van der Waals surface area contributed by atoms with Gasteiger partial charge in [-0.3, -0.25) is 15.8 Å². The second-order valence-corrected chi connectivity index (χ2v) is 3.42. The van der Waals surface area contributed by atoms with Crippen molar-refractivity contribution < 1.29 is 15.0 Å². The standard InChI is InChI=1S/C6H15N3O3S/c7-4(5(10)11)2-1-3-9-6(8,12)13/h4,9,12-13H,1-3,7-8H2,(H,10,11)/t4-,6+/m0/s1. The summed E-state index contributed by atoms with van der Waals surface area (Å²) in [6.45, 7) is 0.359. The zero-order valence-electron chi connectivity index (χ0n) is 7.10. The predicted octanol–water partition coefficient (Wildman–Crippen LogP) is -1.74. The number of hydrogen-bond acceptors (Lipinski definition) is 6. The van der Waals surface area contributed by atoms with Crippen LogP contribution >= 0.6 is 12.6 Å². The van der Waals surface area contributed by atoms with Crippen molar-refractivity contribution in [2.75, 3.05) is 6.54 Å². The monoisotopic (exact) mass is 209 g/mol. The van der Waals surface area contributed by atoms with Crippen LogP contribution in [0.5, 0.6) is 0 Å². The van der Waals surface area contributed by atoms with E-state index < -0.39 is 17.2 Å². The van der Waals surface area contributed by atoms with E-state index in [0.29, 0.717) is 19.4 Å². The molecule has 0 amide bonds. The van der Waals surface area contributed by atoms with Gasteiger partial charge in [0.05, 0.1) is 0 Å². The molecule has 0 saturated carbocycles. The average molecular weight is 209 g/mol. The number of aliphatic carboxylic acids is 1. The lowest BCUT2D eigenvalue weighted by atomic mass is 10.2. The highest BCUT2D eigenvalue weighted by molar-refractivity contribution is 7.81. The molecule has 0 heterocycles. The molecule has 13 heavy (non-hydrogen) atoms. The predicted molar refractivity (Wildman–Crippen MR) is 51.0 cm³/mol. The number of thiol groups is 1. The number of aliphatic hydroxyl groups is 1. The first-order chi connectivity index (χ1) is 5.83. The molecular weight excluding hydrogens is 194 g/mol. The Morgan fingerprint density at radius 1 is 1.69 bits per heavy atom. The molecule has 0 aromatic heterocycles. The first-order valence-electron chi connectivity index (χ1n) is 3.80. The fraction of sp³-hybridized carbons (Fsp3) is 0.833. The molecule has 0 aliphatic heterocycles. The summed E-state index contributed by atoms with van der Waals surface area (Å²) in [5, 5.41) is 18.0. The van der Waals surface area contributed by atoms with E-state index in [1.807, 2.05) is 0 Å². The summed E-state index contributed by atoms with van der Waals surface area (Å²) in [5.41, 5.74) is 10.3. The number of carboxylic acids is 1. The van der Waals surface area contributed by atoms with Crippen molar-refractivity contribution in [3.63, 3.8) is 0 Å². The fourth-order valence-electron chi connectivity index (χ4n) is 0.718. The lowest BCUT2D eigenvalue weighted by Gasteiger charge is -2.17. The van der Waals surface area contributed by atoms with E-state index in [1.165, 1.54) is 0 Å². The molecule has 0 fully saturated rings. The van der Waals surface area contributed by atoms with Crippen molar-refractivity contribution in [1.29, 1.82) is 0 Å². The minimum atomic E-state index is -1.71. The highest BCUT2D eigenvalue weighted by Gasteiger charge is 2.14. The Hall–Kier alpha value is -0.340. The molecule has 0 aliphatic rings. The first-order valence-corrected chi connectivity index (χ1v) is 4.24. The zero-order chi connectivity index (χ0) is 10.5. The minimum absolute atomic E-state index is 0.326. The zero-order valence-corrected chi connectivity index (χ0v) is 8.00. The van der Waals surface area contributed by atoms with Gasteiger partial charge in [0.2, 0.25) is 5.18 Å². The van der Waals surface area contributed by atoms with Gasteiger partial charge in [0, 0.05) is 0 Å². The lowest BCUT2D eigenvalue weighted by molar-refractivity contribution is -0.138. The number of rotatable bonds is 6. The molecule has 0 bridgehead atoms. The van der Waals surface area contributed by atoms with Crippen LogP contribution in [0.4, 0.5) is 0 Å². The average Bonchev–Trinajstić information content (AvgIpc) is 1.95. The minimum Gasteiger partial charge on any atom is -0.480 e. The molecule has 7 N–H and O–H groups in total. The van der Waals surface area contributed by atoms with E-state index in [4.69, 9.17) is 21.7 Å². The molecule has 0 aromatic rings. The van der Waals surface area contributed by atoms with Gasteiger partial charge >= 0.3 is 5.97 Å². The summed E-state index contributed by atoms with van der Waals surface area (Å²) in [7, 11) is 0. The molecule has 78 valence electrons. The summed E-state index contributed by atoms with van der Waals surface area (Å²) < 4.78 is 0. The number of carbonyl (C=O) groups is 1. The Bertz CT molecular complexity index is 171. The van der Waals surface area contributed by atoms with Crippen molar-refractivity contribution in [3.05, 3.63) is 0 Å². The Kier molecular flexibility index (Phi) is 5.26. The maximum absolute atomic E-state index is 10.3. The van der Waals surface area contributed by atoms with Crippen molar-refractivity contribution >= 4 is 18.6 Å². The van der Waals surface area contributed by atoms with Crippen LogP contribution in [0, 0.1) is 0 Å².